The molecule has 102 valence electrons. The van der Waals surface area contributed by atoms with Gasteiger partial charge in [-0.25, -0.2) is 4.79 Å². The van der Waals surface area contributed by atoms with Gasteiger partial charge in [-0.05, 0) is 30.3 Å². The van der Waals surface area contributed by atoms with Gasteiger partial charge in [0.25, 0.3) is 0 Å². The molecule has 20 heavy (non-hydrogen) atoms. The number of benzene rings is 2. The number of para-hydroxylation sites is 1. The number of thioether (sulfide) groups is 1. The lowest BCUT2D eigenvalue weighted by Crippen LogP contribution is -2.13. The largest absolute Gasteiger partial charge is 0.478 e. The molecule has 0 bridgehead atoms. The Morgan fingerprint density at radius 1 is 1.05 bits per heavy atom. The second kappa shape index (κ2) is 6.77. The zero-order valence-electron chi connectivity index (χ0n) is 10.6. The maximum absolute atomic E-state index is 11.8. The van der Waals surface area contributed by atoms with Gasteiger partial charge in [0.15, 0.2) is 0 Å². The molecular weight excluding hydrogens is 274 g/mol. The molecule has 2 rings (SSSR count). The van der Waals surface area contributed by atoms with E-state index < -0.39 is 5.97 Å². The molecule has 2 N–H and O–H groups in total. The molecule has 0 aliphatic rings. The Balaban J connectivity index is 1.90. The third-order valence-electron chi connectivity index (χ3n) is 2.51. The van der Waals surface area contributed by atoms with Crippen molar-refractivity contribution >= 4 is 29.3 Å². The number of carbonyl (C=O) groups is 2. The van der Waals surface area contributed by atoms with Gasteiger partial charge in [0.1, 0.15) is 0 Å². The molecule has 2 aromatic rings. The van der Waals surface area contributed by atoms with Crippen molar-refractivity contribution < 1.29 is 14.7 Å². The summed E-state index contributed by atoms with van der Waals surface area (Å²) in [4.78, 5) is 23.4. The lowest BCUT2D eigenvalue weighted by atomic mass is 10.2. The summed E-state index contributed by atoms with van der Waals surface area (Å²) in [7, 11) is 0. The number of nitrogens with one attached hydrogen (secondary N) is 1. The van der Waals surface area contributed by atoms with E-state index in [-0.39, 0.29) is 17.2 Å². The number of carbonyl (C=O) groups excluding carboxylic acids is 1. The molecule has 0 saturated carbocycles. The Kier molecular flexibility index (Phi) is 4.79. The normalized spacial score (nSPS) is 10.0. The molecule has 0 fully saturated rings. The third kappa shape index (κ3) is 4.13. The predicted octanol–water partition coefficient (Wildman–Crippen LogP) is 3.12. The van der Waals surface area contributed by atoms with Crippen LogP contribution in [0.3, 0.4) is 0 Å². The summed E-state index contributed by atoms with van der Waals surface area (Å²) in [6.07, 6.45) is 0. The second-order valence-corrected chi connectivity index (χ2v) is 5.08. The van der Waals surface area contributed by atoms with E-state index in [2.05, 4.69) is 5.32 Å². The van der Waals surface area contributed by atoms with Crippen LogP contribution in [-0.2, 0) is 4.79 Å². The average Bonchev–Trinajstić information content (AvgIpc) is 2.46. The molecule has 2 aromatic carbocycles. The zero-order chi connectivity index (χ0) is 14.4. The van der Waals surface area contributed by atoms with Gasteiger partial charge < -0.3 is 10.4 Å². The van der Waals surface area contributed by atoms with E-state index >= 15 is 0 Å². The molecule has 1 amide bonds. The monoisotopic (exact) mass is 287 g/mol. The number of carboxylic acids is 1. The Bertz CT molecular complexity index is 614. The number of hydrogen-bond donors (Lipinski definition) is 2. The molecule has 5 heteroatoms. The van der Waals surface area contributed by atoms with Crippen molar-refractivity contribution in [3.63, 3.8) is 0 Å². The minimum Gasteiger partial charge on any atom is -0.478 e. The molecule has 0 aromatic heterocycles. The van der Waals surface area contributed by atoms with Crippen LogP contribution in [0.4, 0.5) is 5.69 Å². The molecule has 0 aliphatic carbocycles. The van der Waals surface area contributed by atoms with Gasteiger partial charge in [-0.1, -0.05) is 24.3 Å². The fourth-order valence-electron chi connectivity index (χ4n) is 1.59. The van der Waals surface area contributed by atoms with Gasteiger partial charge in [-0.2, -0.15) is 0 Å². The molecular formula is C15H13NO3S. The molecule has 0 spiro atoms. The molecule has 0 radical (unpaired) electrons. The lowest BCUT2D eigenvalue weighted by Gasteiger charge is -2.05. The van der Waals surface area contributed by atoms with Crippen molar-refractivity contribution in [2.45, 2.75) is 4.90 Å². The SMILES string of the molecule is O=C(CSc1cccc(C(=O)O)c1)Nc1ccccc1. The van der Waals surface area contributed by atoms with Crippen LogP contribution in [0.1, 0.15) is 10.4 Å². The quantitative estimate of drug-likeness (QED) is 0.829. The van der Waals surface area contributed by atoms with Crippen LogP contribution in [0.2, 0.25) is 0 Å². The van der Waals surface area contributed by atoms with Crippen LogP contribution in [-0.4, -0.2) is 22.7 Å². The van der Waals surface area contributed by atoms with Gasteiger partial charge in [-0.3, -0.25) is 4.79 Å². The van der Waals surface area contributed by atoms with Crippen molar-refractivity contribution in [2.24, 2.45) is 0 Å². The first-order valence-corrected chi connectivity index (χ1v) is 6.95. The van der Waals surface area contributed by atoms with Crippen LogP contribution in [0.25, 0.3) is 0 Å². The van der Waals surface area contributed by atoms with Crippen molar-refractivity contribution in [1.29, 1.82) is 0 Å². The fraction of sp³-hybridized carbons (Fsp3) is 0.0667. The van der Waals surface area contributed by atoms with E-state index in [1.807, 2.05) is 30.3 Å². The minimum absolute atomic E-state index is 0.123. The summed E-state index contributed by atoms with van der Waals surface area (Å²) in [5, 5.41) is 11.7. The zero-order valence-corrected chi connectivity index (χ0v) is 11.4. The summed E-state index contributed by atoms with van der Waals surface area (Å²) >= 11 is 1.30. The highest BCUT2D eigenvalue weighted by Crippen LogP contribution is 2.19. The number of hydrogen-bond acceptors (Lipinski definition) is 3. The Morgan fingerprint density at radius 3 is 2.50 bits per heavy atom. The standard InChI is InChI=1S/C15H13NO3S/c17-14(16-12-6-2-1-3-7-12)10-20-13-8-4-5-11(9-13)15(18)19/h1-9H,10H2,(H,16,17)(H,18,19). The van der Waals surface area contributed by atoms with E-state index in [0.29, 0.717) is 0 Å². The fourth-order valence-corrected chi connectivity index (χ4v) is 2.34. The lowest BCUT2D eigenvalue weighted by molar-refractivity contribution is -0.113. The number of anilines is 1. The third-order valence-corrected chi connectivity index (χ3v) is 3.50. The maximum atomic E-state index is 11.8. The first-order valence-electron chi connectivity index (χ1n) is 5.96. The van der Waals surface area contributed by atoms with Gasteiger partial charge in [-0.15, -0.1) is 11.8 Å². The predicted molar refractivity (Wildman–Crippen MR) is 79.2 cm³/mol. The van der Waals surface area contributed by atoms with Crippen LogP contribution >= 0.6 is 11.8 Å². The highest BCUT2D eigenvalue weighted by Gasteiger charge is 2.06. The molecule has 0 heterocycles. The second-order valence-electron chi connectivity index (χ2n) is 4.04. The van der Waals surface area contributed by atoms with E-state index in [1.54, 1.807) is 18.2 Å². The van der Waals surface area contributed by atoms with Crippen LogP contribution in [0, 0.1) is 0 Å². The van der Waals surface area contributed by atoms with E-state index in [4.69, 9.17) is 5.11 Å². The summed E-state index contributed by atoms with van der Waals surface area (Å²) in [6.45, 7) is 0. The van der Waals surface area contributed by atoms with Crippen molar-refractivity contribution in [3.8, 4) is 0 Å². The van der Waals surface area contributed by atoms with Gasteiger partial charge in [0, 0.05) is 10.6 Å². The maximum Gasteiger partial charge on any atom is 0.335 e. The van der Waals surface area contributed by atoms with Crippen molar-refractivity contribution in [1.82, 2.24) is 0 Å². The number of amides is 1. The minimum atomic E-state index is -0.971. The summed E-state index contributed by atoms with van der Waals surface area (Å²) in [5.41, 5.74) is 0.968. The molecule has 4 nitrogen and oxygen atoms in total. The number of rotatable bonds is 5. The van der Waals surface area contributed by atoms with Crippen LogP contribution < -0.4 is 5.32 Å². The van der Waals surface area contributed by atoms with Gasteiger partial charge >= 0.3 is 5.97 Å². The van der Waals surface area contributed by atoms with Gasteiger partial charge in [0.2, 0.25) is 5.91 Å². The molecule has 0 unspecified atom stereocenters. The van der Waals surface area contributed by atoms with Crippen molar-refractivity contribution in [3.05, 3.63) is 60.2 Å². The van der Waals surface area contributed by atoms with Crippen molar-refractivity contribution in [2.75, 3.05) is 11.1 Å². The number of carboxylic acid groups (broad SMARTS) is 1. The Labute approximate surface area is 120 Å². The molecule has 0 atom stereocenters. The van der Waals surface area contributed by atoms with Gasteiger partial charge in [0.05, 0.1) is 11.3 Å². The highest BCUT2D eigenvalue weighted by molar-refractivity contribution is 8.00. The van der Waals surface area contributed by atoms with Crippen LogP contribution in [0.5, 0.6) is 0 Å². The van der Waals surface area contributed by atoms with E-state index in [9.17, 15) is 9.59 Å². The first-order chi connectivity index (χ1) is 9.65. The first kappa shape index (κ1) is 14.1. The topological polar surface area (TPSA) is 66.4 Å². The molecule has 0 saturated heterocycles. The summed E-state index contributed by atoms with van der Waals surface area (Å²) in [6, 6.07) is 15.7. The average molecular weight is 287 g/mol. The van der Waals surface area contributed by atoms with E-state index in [0.717, 1.165) is 10.6 Å². The van der Waals surface area contributed by atoms with E-state index in [1.165, 1.54) is 17.8 Å². The summed E-state index contributed by atoms with van der Waals surface area (Å²) in [5.74, 6) is -0.860. The number of aromatic carboxylic acids is 1. The molecule has 0 aliphatic heterocycles. The smallest absolute Gasteiger partial charge is 0.335 e. The van der Waals surface area contributed by atoms with Crippen LogP contribution in [0.15, 0.2) is 59.5 Å². The Hall–Kier alpha value is -2.27. The summed E-state index contributed by atoms with van der Waals surface area (Å²) < 4.78 is 0. The highest BCUT2D eigenvalue weighted by atomic mass is 32.2. The Morgan fingerprint density at radius 2 is 1.80 bits per heavy atom.